The third kappa shape index (κ3) is 2.56. The predicted molar refractivity (Wildman–Crippen MR) is 107 cm³/mol. The Morgan fingerprint density at radius 2 is 2.17 bits per heavy atom. The number of hydrogen-bond donors (Lipinski definition) is 0. The Kier molecular flexibility index (Phi) is 4.33. The first-order valence-electron chi connectivity index (χ1n) is 10.3. The van der Waals surface area contributed by atoms with Gasteiger partial charge in [0, 0.05) is 19.6 Å². The monoisotopic (exact) mass is 417 g/mol. The summed E-state index contributed by atoms with van der Waals surface area (Å²) in [6, 6.07) is -0.00455. The molecule has 4 aliphatic heterocycles. The zero-order valence-electron chi connectivity index (χ0n) is 17.2. The summed E-state index contributed by atoms with van der Waals surface area (Å²) in [7, 11) is 1.95. The topological polar surface area (TPSA) is 80.6 Å². The standard InChI is InChI=1S/C20H27N5O3S/c1-11(2)25-10-20-8-7-13(28-20)14(15(20)18(25)27)17(26)24-9-5-6-12(24)16-21-22-19(29-4)23(16)3/h7-8,11-15H,5-6,9-10H2,1-4H3. The molecule has 156 valence electrons. The van der Waals surface area contributed by atoms with Crippen molar-refractivity contribution in [2.24, 2.45) is 18.9 Å². The molecule has 8 nitrogen and oxygen atoms in total. The number of carbonyl (C=O) groups excluding carboxylic acids is 2. The molecule has 3 fully saturated rings. The number of carbonyl (C=O) groups is 2. The Labute approximate surface area is 174 Å². The van der Waals surface area contributed by atoms with Gasteiger partial charge < -0.3 is 19.1 Å². The average Bonchev–Trinajstić information content (AvgIpc) is 3.47. The van der Waals surface area contributed by atoms with Crippen LogP contribution in [0.3, 0.4) is 0 Å². The third-order valence-electron chi connectivity index (χ3n) is 6.92. The first kappa shape index (κ1) is 19.1. The van der Waals surface area contributed by atoms with E-state index in [1.807, 2.05) is 53.7 Å². The average molecular weight is 418 g/mol. The number of amides is 2. The van der Waals surface area contributed by atoms with E-state index in [0.717, 1.165) is 23.8 Å². The fourth-order valence-electron chi connectivity index (χ4n) is 5.53. The van der Waals surface area contributed by atoms with E-state index in [0.29, 0.717) is 13.1 Å². The number of likely N-dealkylation sites (tertiary alicyclic amines) is 2. The normalized spacial score (nSPS) is 35.4. The Balaban J connectivity index is 1.45. The van der Waals surface area contributed by atoms with E-state index >= 15 is 0 Å². The zero-order chi connectivity index (χ0) is 20.5. The van der Waals surface area contributed by atoms with Gasteiger partial charge in [0.05, 0.1) is 30.5 Å². The predicted octanol–water partition coefficient (Wildman–Crippen LogP) is 1.39. The van der Waals surface area contributed by atoms with Crippen LogP contribution in [0.4, 0.5) is 0 Å². The van der Waals surface area contributed by atoms with E-state index in [1.54, 1.807) is 11.8 Å². The molecule has 29 heavy (non-hydrogen) atoms. The second kappa shape index (κ2) is 6.57. The van der Waals surface area contributed by atoms with Gasteiger partial charge in [-0.2, -0.15) is 0 Å². The molecule has 2 bridgehead atoms. The van der Waals surface area contributed by atoms with Crippen molar-refractivity contribution < 1.29 is 14.3 Å². The van der Waals surface area contributed by atoms with Gasteiger partial charge in [-0.1, -0.05) is 23.9 Å². The van der Waals surface area contributed by atoms with Crippen LogP contribution in [-0.2, 0) is 21.4 Å². The van der Waals surface area contributed by atoms with Gasteiger partial charge in [0.15, 0.2) is 11.0 Å². The first-order valence-corrected chi connectivity index (χ1v) is 11.5. The summed E-state index contributed by atoms with van der Waals surface area (Å²) < 4.78 is 8.23. The Morgan fingerprint density at radius 3 is 2.86 bits per heavy atom. The summed E-state index contributed by atoms with van der Waals surface area (Å²) in [5.74, 6) is 0.00162. The van der Waals surface area contributed by atoms with E-state index < -0.39 is 17.4 Å². The number of hydrogen-bond acceptors (Lipinski definition) is 6. The quantitative estimate of drug-likeness (QED) is 0.544. The molecule has 1 spiro atoms. The lowest BCUT2D eigenvalue weighted by Gasteiger charge is -2.31. The molecule has 0 saturated carbocycles. The highest BCUT2D eigenvalue weighted by molar-refractivity contribution is 7.98. The molecule has 9 heteroatoms. The van der Waals surface area contributed by atoms with Crippen LogP contribution >= 0.6 is 11.8 Å². The van der Waals surface area contributed by atoms with Crippen LogP contribution < -0.4 is 0 Å². The lowest BCUT2D eigenvalue weighted by molar-refractivity contribution is -0.144. The Hall–Kier alpha value is -1.87. The number of aromatic nitrogens is 3. The lowest BCUT2D eigenvalue weighted by Crippen LogP contribution is -2.46. The van der Waals surface area contributed by atoms with Gasteiger partial charge in [-0.25, -0.2) is 0 Å². The molecule has 1 aromatic heterocycles. The van der Waals surface area contributed by atoms with E-state index in [2.05, 4.69) is 10.2 Å². The highest BCUT2D eigenvalue weighted by atomic mass is 32.2. The van der Waals surface area contributed by atoms with Crippen LogP contribution in [0.1, 0.15) is 38.6 Å². The van der Waals surface area contributed by atoms with Gasteiger partial charge in [-0.05, 0) is 32.9 Å². The number of thioether (sulfide) groups is 1. The number of rotatable bonds is 4. The Bertz CT molecular complexity index is 899. The summed E-state index contributed by atoms with van der Waals surface area (Å²) in [6.45, 7) is 5.24. The molecule has 0 N–H and O–H groups in total. The molecule has 0 aliphatic carbocycles. The highest BCUT2D eigenvalue weighted by Gasteiger charge is 2.67. The largest absolute Gasteiger partial charge is 0.360 e. The minimum Gasteiger partial charge on any atom is -0.360 e. The number of fused-ring (bicyclic) bond motifs is 1. The van der Waals surface area contributed by atoms with Crippen molar-refractivity contribution in [1.82, 2.24) is 24.6 Å². The number of ether oxygens (including phenoxy) is 1. The Morgan fingerprint density at radius 1 is 1.38 bits per heavy atom. The van der Waals surface area contributed by atoms with Crippen LogP contribution in [-0.4, -0.2) is 73.5 Å². The molecule has 1 aromatic rings. The van der Waals surface area contributed by atoms with Gasteiger partial charge >= 0.3 is 0 Å². The molecule has 5 heterocycles. The van der Waals surface area contributed by atoms with E-state index in [1.165, 1.54) is 0 Å². The summed E-state index contributed by atoms with van der Waals surface area (Å²) in [5.41, 5.74) is -0.641. The van der Waals surface area contributed by atoms with Crippen molar-refractivity contribution in [3.8, 4) is 0 Å². The van der Waals surface area contributed by atoms with Crippen LogP contribution in [0.2, 0.25) is 0 Å². The van der Waals surface area contributed by atoms with E-state index in [4.69, 9.17) is 4.74 Å². The van der Waals surface area contributed by atoms with Crippen molar-refractivity contribution in [2.75, 3.05) is 19.3 Å². The van der Waals surface area contributed by atoms with Crippen LogP contribution in [0.25, 0.3) is 0 Å². The first-order chi connectivity index (χ1) is 13.9. The summed E-state index contributed by atoms with van der Waals surface area (Å²) in [6.07, 6.45) is 7.44. The second-order valence-electron chi connectivity index (χ2n) is 8.75. The van der Waals surface area contributed by atoms with Crippen molar-refractivity contribution in [3.05, 3.63) is 18.0 Å². The van der Waals surface area contributed by atoms with Crippen LogP contribution in [0.5, 0.6) is 0 Å². The maximum atomic E-state index is 13.7. The third-order valence-corrected chi connectivity index (χ3v) is 7.64. The molecule has 3 saturated heterocycles. The van der Waals surface area contributed by atoms with Gasteiger partial charge in [0.1, 0.15) is 5.60 Å². The minimum absolute atomic E-state index is 0.0152. The highest BCUT2D eigenvalue weighted by Crippen LogP contribution is 2.53. The second-order valence-corrected chi connectivity index (χ2v) is 9.53. The fraction of sp³-hybridized carbons (Fsp3) is 0.700. The van der Waals surface area contributed by atoms with Crippen molar-refractivity contribution in [1.29, 1.82) is 0 Å². The maximum absolute atomic E-state index is 13.7. The zero-order valence-corrected chi connectivity index (χ0v) is 18.1. The molecule has 2 amide bonds. The van der Waals surface area contributed by atoms with Gasteiger partial charge in [-0.15, -0.1) is 10.2 Å². The van der Waals surface area contributed by atoms with Gasteiger partial charge in [-0.3, -0.25) is 9.59 Å². The maximum Gasteiger partial charge on any atom is 0.230 e. The molecule has 0 aromatic carbocycles. The molecular formula is C20H27N5O3S. The molecular weight excluding hydrogens is 390 g/mol. The molecule has 4 aliphatic rings. The van der Waals surface area contributed by atoms with Crippen molar-refractivity contribution in [3.63, 3.8) is 0 Å². The molecule has 5 unspecified atom stereocenters. The molecule has 5 atom stereocenters. The van der Waals surface area contributed by atoms with Crippen molar-refractivity contribution in [2.45, 2.75) is 55.6 Å². The van der Waals surface area contributed by atoms with Crippen molar-refractivity contribution >= 4 is 23.6 Å². The fourth-order valence-corrected chi connectivity index (χ4v) is 6.02. The summed E-state index contributed by atoms with van der Waals surface area (Å²) in [4.78, 5) is 30.7. The smallest absolute Gasteiger partial charge is 0.230 e. The minimum atomic E-state index is -0.641. The summed E-state index contributed by atoms with van der Waals surface area (Å²) >= 11 is 1.54. The van der Waals surface area contributed by atoms with Gasteiger partial charge in [0.2, 0.25) is 11.8 Å². The van der Waals surface area contributed by atoms with Crippen LogP contribution in [0, 0.1) is 11.8 Å². The van der Waals surface area contributed by atoms with Crippen LogP contribution in [0.15, 0.2) is 17.3 Å². The summed E-state index contributed by atoms with van der Waals surface area (Å²) in [5, 5.41) is 9.45. The van der Waals surface area contributed by atoms with E-state index in [-0.39, 0.29) is 30.0 Å². The van der Waals surface area contributed by atoms with E-state index in [9.17, 15) is 9.59 Å². The number of nitrogens with zero attached hydrogens (tertiary/aromatic N) is 5. The SMILES string of the molecule is CSc1nnc(C2CCCN2C(=O)C2C3C=CC4(CN(C(C)C)C(=O)C24)O3)n1C. The molecule has 5 rings (SSSR count). The van der Waals surface area contributed by atoms with Gasteiger partial charge in [0.25, 0.3) is 0 Å². The lowest BCUT2D eigenvalue weighted by atomic mass is 9.76. The molecule has 0 radical (unpaired) electrons.